The quantitative estimate of drug-likeness (QED) is 0.711. The van der Waals surface area contributed by atoms with Crippen molar-refractivity contribution in [2.24, 2.45) is 0 Å². The molecule has 0 atom stereocenters. The summed E-state index contributed by atoms with van der Waals surface area (Å²) in [5.74, 6) is 0.833. The molecule has 0 aliphatic rings. The topological polar surface area (TPSA) is 51.8 Å². The van der Waals surface area contributed by atoms with E-state index in [2.05, 4.69) is 46.1 Å². The number of aromatic nitrogens is 5. The van der Waals surface area contributed by atoms with Crippen LogP contribution in [0.2, 0.25) is 5.02 Å². The largest absolute Gasteiger partial charge is 0.317 e. The number of halogens is 1. The minimum Gasteiger partial charge on any atom is -0.317 e. The van der Waals surface area contributed by atoms with Gasteiger partial charge in [-0.05, 0) is 52.0 Å². The smallest absolute Gasteiger partial charge is 0.131 e. The highest BCUT2D eigenvalue weighted by molar-refractivity contribution is 6.30. The van der Waals surface area contributed by atoms with E-state index in [0.29, 0.717) is 18.4 Å². The van der Waals surface area contributed by atoms with E-state index in [1.54, 1.807) is 6.20 Å². The number of hydrogen-bond acceptors (Lipinski definition) is 4. The molecule has 0 aromatic carbocycles. The molecule has 6 nitrogen and oxygen atoms in total. The number of hydrogen-bond donors (Lipinski definition) is 0. The predicted octanol–water partition coefficient (Wildman–Crippen LogP) is 3.48. The van der Waals surface area contributed by atoms with Crippen LogP contribution >= 0.6 is 11.6 Å². The molecule has 0 spiro atoms. The molecule has 0 saturated carbocycles. The van der Waals surface area contributed by atoms with Gasteiger partial charge in [-0.3, -0.25) is 0 Å². The number of anilines is 1. The second kappa shape index (κ2) is 6.65. The van der Waals surface area contributed by atoms with Crippen molar-refractivity contribution in [2.45, 2.75) is 41.0 Å². The van der Waals surface area contributed by atoms with Crippen LogP contribution in [-0.4, -0.2) is 24.5 Å². The van der Waals surface area contributed by atoms with Gasteiger partial charge in [0.2, 0.25) is 0 Å². The molecular formula is C17H21ClN6. The number of aryl methyl sites for hydroxylation is 4. The first-order chi connectivity index (χ1) is 11.4. The maximum absolute atomic E-state index is 5.98. The second-order valence-electron chi connectivity index (χ2n) is 6.01. The summed E-state index contributed by atoms with van der Waals surface area (Å²) in [7, 11) is 0. The molecule has 0 aliphatic carbocycles. The highest BCUT2D eigenvalue weighted by Crippen LogP contribution is 2.17. The zero-order valence-electron chi connectivity index (χ0n) is 14.4. The first kappa shape index (κ1) is 16.5. The molecule has 3 aromatic heterocycles. The lowest BCUT2D eigenvalue weighted by atomic mass is 10.4. The monoisotopic (exact) mass is 344 g/mol. The van der Waals surface area contributed by atoms with E-state index in [9.17, 15) is 0 Å². The van der Waals surface area contributed by atoms with Gasteiger partial charge >= 0.3 is 0 Å². The molecule has 0 N–H and O–H groups in total. The number of pyridine rings is 1. The van der Waals surface area contributed by atoms with Crippen molar-refractivity contribution in [1.29, 1.82) is 0 Å². The number of rotatable bonds is 5. The molecule has 3 heterocycles. The molecule has 3 aromatic rings. The summed E-state index contributed by atoms with van der Waals surface area (Å²) in [6.07, 6.45) is 1.66. The van der Waals surface area contributed by atoms with Gasteiger partial charge in [0, 0.05) is 17.6 Å². The van der Waals surface area contributed by atoms with Crippen LogP contribution in [0.25, 0.3) is 0 Å². The van der Waals surface area contributed by atoms with Crippen LogP contribution in [0, 0.1) is 27.7 Å². The van der Waals surface area contributed by atoms with Gasteiger partial charge in [-0.2, -0.15) is 10.2 Å². The van der Waals surface area contributed by atoms with Gasteiger partial charge < -0.3 is 4.90 Å². The second-order valence-corrected chi connectivity index (χ2v) is 6.45. The van der Waals surface area contributed by atoms with E-state index < -0.39 is 0 Å². The Kier molecular flexibility index (Phi) is 4.57. The Hall–Kier alpha value is -2.34. The molecule has 3 rings (SSSR count). The standard InChI is InChI=1S/C17H21ClN6/c1-12-7-14(3)23(20-12)10-22(17-6-5-16(18)9-19-17)11-24-15(4)8-13(2)21-24/h5-9H,10-11H2,1-4H3. The van der Waals surface area contributed by atoms with Gasteiger partial charge in [0.15, 0.2) is 0 Å². The molecular weight excluding hydrogens is 324 g/mol. The van der Waals surface area contributed by atoms with Crippen molar-refractivity contribution in [1.82, 2.24) is 24.5 Å². The third kappa shape index (κ3) is 3.59. The zero-order chi connectivity index (χ0) is 17.3. The van der Waals surface area contributed by atoms with Crippen molar-refractivity contribution in [3.05, 3.63) is 58.3 Å². The molecule has 0 unspecified atom stereocenters. The van der Waals surface area contributed by atoms with E-state index in [1.165, 1.54) is 0 Å². The minimum absolute atomic E-state index is 0.590. The van der Waals surface area contributed by atoms with Crippen LogP contribution in [0.4, 0.5) is 5.82 Å². The minimum atomic E-state index is 0.590. The highest BCUT2D eigenvalue weighted by atomic mass is 35.5. The van der Waals surface area contributed by atoms with Crippen LogP contribution in [0.3, 0.4) is 0 Å². The van der Waals surface area contributed by atoms with E-state index in [4.69, 9.17) is 11.6 Å². The molecule has 0 radical (unpaired) electrons. The SMILES string of the molecule is Cc1cc(C)n(CN(Cn2nc(C)cc2C)c2ccc(Cl)cn2)n1. The van der Waals surface area contributed by atoms with Gasteiger partial charge in [-0.15, -0.1) is 0 Å². The lowest BCUT2D eigenvalue weighted by Crippen LogP contribution is -2.31. The first-order valence-corrected chi connectivity index (χ1v) is 8.19. The highest BCUT2D eigenvalue weighted by Gasteiger charge is 2.13. The van der Waals surface area contributed by atoms with Crippen molar-refractivity contribution in [3.8, 4) is 0 Å². The van der Waals surface area contributed by atoms with Gasteiger partial charge in [0.25, 0.3) is 0 Å². The molecule has 0 aliphatic heterocycles. The van der Waals surface area contributed by atoms with E-state index >= 15 is 0 Å². The summed E-state index contributed by atoms with van der Waals surface area (Å²) >= 11 is 5.98. The summed E-state index contributed by atoms with van der Waals surface area (Å²) in [6, 6.07) is 7.90. The Morgan fingerprint density at radius 3 is 1.83 bits per heavy atom. The fourth-order valence-corrected chi connectivity index (χ4v) is 2.82. The lowest BCUT2D eigenvalue weighted by molar-refractivity contribution is 0.481. The predicted molar refractivity (Wildman–Crippen MR) is 95.1 cm³/mol. The summed E-state index contributed by atoms with van der Waals surface area (Å²) in [4.78, 5) is 6.58. The van der Waals surface area contributed by atoms with Crippen LogP contribution in [0.5, 0.6) is 0 Å². The molecule has 7 heteroatoms. The normalized spacial score (nSPS) is 11.0. The van der Waals surface area contributed by atoms with Crippen molar-refractivity contribution < 1.29 is 0 Å². The summed E-state index contributed by atoms with van der Waals surface area (Å²) in [6.45, 7) is 9.28. The molecule has 0 saturated heterocycles. The Labute approximate surface area is 146 Å². The van der Waals surface area contributed by atoms with Crippen molar-refractivity contribution in [2.75, 3.05) is 4.90 Å². The van der Waals surface area contributed by atoms with Gasteiger partial charge in [0.05, 0.1) is 16.4 Å². The third-order valence-electron chi connectivity index (χ3n) is 3.85. The average molecular weight is 345 g/mol. The molecule has 0 bridgehead atoms. The van der Waals surface area contributed by atoms with E-state index in [-0.39, 0.29) is 0 Å². The fraction of sp³-hybridized carbons (Fsp3) is 0.353. The van der Waals surface area contributed by atoms with Gasteiger partial charge in [-0.1, -0.05) is 11.6 Å². The fourth-order valence-electron chi connectivity index (χ4n) is 2.70. The molecule has 0 fully saturated rings. The van der Waals surface area contributed by atoms with Gasteiger partial charge in [0.1, 0.15) is 19.2 Å². The Morgan fingerprint density at radius 2 is 1.46 bits per heavy atom. The summed E-state index contributed by atoms with van der Waals surface area (Å²) in [5, 5.41) is 9.73. The Bertz CT molecular complexity index is 785. The Morgan fingerprint density at radius 1 is 0.917 bits per heavy atom. The van der Waals surface area contributed by atoms with Gasteiger partial charge in [-0.25, -0.2) is 14.3 Å². The maximum Gasteiger partial charge on any atom is 0.131 e. The summed E-state index contributed by atoms with van der Waals surface area (Å²) < 4.78 is 3.94. The van der Waals surface area contributed by atoms with E-state index in [1.807, 2.05) is 35.3 Å². The van der Waals surface area contributed by atoms with Crippen LogP contribution in [0.15, 0.2) is 30.5 Å². The molecule has 0 amide bonds. The molecule has 24 heavy (non-hydrogen) atoms. The lowest BCUT2D eigenvalue weighted by Gasteiger charge is -2.25. The van der Waals surface area contributed by atoms with E-state index in [0.717, 1.165) is 28.6 Å². The molecule has 126 valence electrons. The van der Waals surface area contributed by atoms with Crippen LogP contribution in [0.1, 0.15) is 22.8 Å². The van der Waals surface area contributed by atoms with Crippen molar-refractivity contribution >= 4 is 17.4 Å². The first-order valence-electron chi connectivity index (χ1n) is 7.81. The zero-order valence-corrected chi connectivity index (χ0v) is 15.1. The number of nitrogens with zero attached hydrogens (tertiary/aromatic N) is 6. The third-order valence-corrected chi connectivity index (χ3v) is 4.08. The van der Waals surface area contributed by atoms with Crippen LogP contribution in [-0.2, 0) is 13.3 Å². The summed E-state index contributed by atoms with van der Waals surface area (Å²) in [5.41, 5.74) is 4.23. The maximum atomic E-state index is 5.98. The van der Waals surface area contributed by atoms with Crippen molar-refractivity contribution in [3.63, 3.8) is 0 Å². The average Bonchev–Trinajstić information content (AvgIpc) is 3.00. The van der Waals surface area contributed by atoms with Crippen LogP contribution < -0.4 is 4.90 Å². The Balaban J connectivity index is 1.92.